The second-order valence-electron chi connectivity index (χ2n) is 6.78. The van der Waals surface area contributed by atoms with Crippen molar-refractivity contribution in [3.63, 3.8) is 0 Å². The van der Waals surface area contributed by atoms with Gasteiger partial charge in [-0.1, -0.05) is 39.7 Å². The van der Waals surface area contributed by atoms with Crippen LogP contribution in [-0.4, -0.2) is 26.1 Å². The lowest BCUT2D eigenvalue weighted by Crippen LogP contribution is -2.45. The smallest absolute Gasteiger partial charge is 0.192 e. The molecular formula is C16H30O2Si. The second-order valence-corrected chi connectivity index (χ2v) is 11.5. The SMILES string of the molecule is C#C/C(C)=C/[C@H](C)[C@H](CCO)O[Si](C)(C)C(C)(C)C. The minimum atomic E-state index is -1.82. The molecular weight excluding hydrogens is 252 g/mol. The van der Waals surface area contributed by atoms with Gasteiger partial charge in [0.25, 0.3) is 0 Å². The van der Waals surface area contributed by atoms with E-state index in [1.165, 1.54) is 0 Å². The van der Waals surface area contributed by atoms with Crippen molar-refractivity contribution in [3.8, 4) is 12.3 Å². The number of hydrogen-bond donors (Lipinski definition) is 1. The molecule has 1 N–H and O–H groups in total. The summed E-state index contributed by atoms with van der Waals surface area (Å²) >= 11 is 0. The van der Waals surface area contributed by atoms with E-state index in [0.29, 0.717) is 6.42 Å². The van der Waals surface area contributed by atoms with E-state index in [-0.39, 0.29) is 23.7 Å². The maximum Gasteiger partial charge on any atom is 0.192 e. The highest BCUT2D eigenvalue weighted by atomic mass is 28.4. The van der Waals surface area contributed by atoms with Crippen molar-refractivity contribution in [2.24, 2.45) is 5.92 Å². The number of terminal acetylenes is 1. The van der Waals surface area contributed by atoms with Gasteiger partial charge in [-0.3, -0.25) is 0 Å². The Bertz CT molecular complexity index is 345. The van der Waals surface area contributed by atoms with Crippen molar-refractivity contribution >= 4 is 8.32 Å². The Balaban J connectivity index is 5.00. The summed E-state index contributed by atoms with van der Waals surface area (Å²) in [6.07, 6.45) is 8.15. The molecule has 0 bridgehead atoms. The minimum Gasteiger partial charge on any atom is -0.413 e. The summed E-state index contributed by atoms with van der Waals surface area (Å²) in [6.45, 7) is 15.3. The molecule has 3 heteroatoms. The molecule has 0 unspecified atom stereocenters. The summed E-state index contributed by atoms with van der Waals surface area (Å²) < 4.78 is 6.42. The van der Waals surface area contributed by atoms with Crippen molar-refractivity contribution < 1.29 is 9.53 Å². The molecule has 2 nitrogen and oxygen atoms in total. The molecule has 110 valence electrons. The second kappa shape index (κ2) is 7.28. The molecule has 0 aliphatic rings. The highest BCUT2D eigenvalue weighted by Gasteiger charge is 2.39. The Morgan fingerprint density at radius 1 is 1.42 bits per heavy atom. The summed E-state index contributed by atoms with van der Waals surface area (Å²) in [5.41, 5.74) is 0.925. The first kappa shape index (κ1) is 18.4. The Morgan fingerprint density at radius 2 is 1.95 bits per heavy atom. The van der Waals surface area contributed by atoms with Crippen molar-refractivity contribution in [1.29, 1.82) is 0 Å². The Labute approximate surface area is 120 Å². The van der Waals surface area contributed by atoms with E-state index in [0.717, 1.165) is 5.57 Å². The molecule has 0 aromatic carbocycles. The lowest BCUT2D eigenvalue weighted by Gasteiger charge is -2.40. The van der Waals surface area contributed by atoms with Gasteiger partial charge in [0.1, 0.15) is 0 Å². The van der Waals surface area contributed by atoms with Gasteiger partial charge in [-0.15, -0.1) is 6.42 Å². The summed E-state index contributed by atoms with van der Waals surface area (Å²) in [6, 6.07) is 0. The summed E-state index contributed by atoms with van der Waals surface area (Å²) in [5.74, 6) is 2.86. The minimum absolute atomic E-state index is 0.0363. The standard InChI is InChI=1S/C16H30O2Si/c1-9-13(2)12-14(3)15(10-11-17)18-19(7,8)16(4,5)6/h1,12,14-15,17H,10-11H2,2-8H3/b13-12+/t14-,15-/m0/s1. The molecule has 0 amide bonds. The topological polar surface area (TPSA) is 29.5 Å². The van der Waals surface area contributed by atoms with Gasteiger partial charge >= 0.3 is 0 Å². The Hall–Kier alpha value is -0.563. The summed E-state index contributed by atoms with van der Waals surface area (Å²) in [7, 11) is -1.82. The van der Waals surface area contributed by atoms with Crippen molar-refractivity contribution in [2.75, 3.05) is 6.61 Å². The van der Waals surface area contributed by atoms with Gasteiger partial charge in [0.2, 0.25) is 0 Å². The molecule has 0 radical (unpaired) electrons. The fourth-order valence-electron chi connectivity index (χ4n) is 1.66. The van der Waals surface area contributed by atoms with Crippen LogP contribution in [0.25, 0.3) is 0 Å². The number of hydrogen-bond acceptors (Lipinski definition) is 2. The largest absolute Gasteiger partial charge is 0.413 e. The van der Waals surface area contributed by atoms with Crippen molar-refractivity contribution in [2.45, 2.75) is 65.3 Å². The molecule has 0 heterocycles. The monoisotopic (exact) mass is 282 g/mol. The highest BCUT2D eigenvalue weighted by molar-refractivity contribution is 6.74. The van der Waals surface area contributed by atoms with E-state index in [2.05, 4.69) is 52.8 Å². The van der Waals surface area contributed by atoms with Crippen LogP contribution in [0.15, 0.2) is 11.6 Å². The molecule has 0 spiro atoms. The lowest BCUT2D eigenvalue weighted by molar-refractivity contribution is 0.111. The normalized spacial score (nSPS) is 16.9. The van der Waals surface area contributed by atoms with Crippen LogP contribution in [0.1, 0.15) is 41.0 Å². The van der Waals surface area contributed by atoms with Gasteiger partial charge in [0.15, 0.2) is 8.32 Å². The van der Waals surface area contributed by atoms with Gasteiger partial charge in [0.05, 0.1) is 6.10 Å². The fraction of sp³-hybridized carbons (Fsp3) is 0.750. The van der Waals surface area contributed by atoms with E-state index < -0.39 is 8.32 Å². The summed E-state index contributed by atoms with van der Waals surface area (Å²) in [4.78, 5) is 0. The summed E-state index contributed by atoms with van der Waals surface area (Å²) in [5, 5.41) is 9.42. The molecule has 0 aliphatic heterocycles. The molecule has 2 atom stereocenters. The van der Waals surface area contributed by atoms with Crippen LogP contribution in [-0.2, 0) is 4.43 Å². The first-order valence-corrected chi connectivity index (χ1v) is 9.89. The molecule has 19 heavy (non-hydrogen) atoms. The molecule has 0 fully saturated rings. The zero-order valence-corrected chi connectivity index (χ0v) is 14.6. The van der Waals surface area contributed by atoms with Crippen LogP contribution in [0.4, 0.5) is 0 Å². The van der Waals surface area contributed by atoms with Gasteiger partial charge in [-0.05, 0) is 37.0 Å². The quantitative estimate of drug-likeness (QED) is 0.590. The van der Waals surface area contributed by atoms with Gasteiger partial charge in [-0.2, -0.15) is 0 Å². The van der Waals surface area contributed by atoms with Crippen LogP contribution < -0.4 is 0 Å². The number of aliphatic hydroxyl groups excluding tert-OH is 1. The highest BCUT2D eigenvalue weighted by Crippen LogP contribution is 2.38. The van der Waals surface area contributed by atoms with E-state index in [1.54, 1.807) is 0 Å². The molecule has 0 aliphatic carbocycles. The van der Waals surface area contributed by atoms with E-state index in [4.69, 9.17) is 10.8 Å². The van der Waals surface area contributed by atoms with Gasteiger partial charge < -0.3 is 9.53 Å². The number of aliphatic hydroxyl groups is 1. The average molecular weight is 282 g/mol. The predicted octanol–water partition coefficient (Wildman–Crippen LogP) is 3.97. The zero-order valence-electron chi connectivity index (χ0n) is 13.6. The van der Waals surface area contributed by atoms with Gasteiger partial charge in [-0.25, -0.2) is 0 Å². The van der Waals surface area contributed by atoms with Gasteiger partial charge in [0, 0.05) is 12.5 Å². The maximum absolute atomic E-state index is 9.25. The molecule has 0 saturated carbocycles. The maximum atomic E-state index is 9.25. The molecule has 0 saturated heterocycles. The Morgan fingerprint density at radius 3 is 2.32 bits per heavy atom. The van der Waals surface area contributed by atoms with Crippen LogP contribution >= 0.6 is 0 Å². The number of allylic oxidation sites excluding steroid dienone is 1. The van der Waals surface area contributed by atoms with Crippen molar-refractivity contribution in [3.05, 3.63) is 11.6 Å². The third-order valence-electron chi connectivity index (χ3n) is 3.99. The number of rotatable bonds is 6. The van der Waals surface area contributed by atoms with E-state index >= 15 is 0 Å². The Kier molecular flexibility index (Phi) is 7.07. The molecule has 0 rings (SSSR count). The zero-order chi connectivity index (χ0) is 15.3. The lowest BCUT2D eigenvalue weighted by atomic mass is 10.00. The van der Waals surface area contributed by atoms with Crippen molar-refractivity contribution in [1.82, 2.24) is 0 Å². The average Bonchev–Trinajstić information content (AvgIpc) is 2.26. The van der Waals surface area contributed by atoms with Crippen LogP contribution in [0, 0.1) is 18.3 Å². The molecule has 0 aromatic rings. The predicted molar refractivity (Wildman–Crippen MR) is 85.5 cm³/mol. The van der Waals surface area contributed by atoms with E-state index in [1.807, 2.05) is 6.92 Å². The van der Waals surface area contributed by atoms with E-state index in [9.17, 15) is 5.11 Å². The molecule has 0 aromatic heterocycles. The third-order valence-corrected chi connectivity index (χ3v) is 8.50. The van der Waals surface area contributed by atoms with Crippen LogP contribution in [0.2, 0.25) is 18.1 Å². The van der Waals surface area contributed by atoms with Crippen LogP contribution in [0.5, 0.6) is 0 Å². The first-order chi connectivity index (χ1) is 8.55. The van der Waals surface area contributed by atoms with Crippen LogP contribution in [0.3, 0.4) is 0 Å². The third kappa shape index (κ3) is 5.95. The first-order valence-electron chi connectivity index (χ1n) is 6.99. The fourth-order valence-corrected chi connectivity index (χ4v) is 3.10.